The molecule has 58 heavy (non-hydrogen) atoms. The Morgan fingerprint density at radius 1 is 0.948 bits per heavy atom. The molecule has 1 fully saturated rings. The van der Waals surface area contributed by atoms with Crippen molar-refractivity contribution in [1.29, 1.82) is 0 Å². The molecular formula is C42H62N4O10Si2. The van der Waals surface area contributed by atoms with E-state index in [1.165, 1.54) is 4.57 Å². The van der Waals surface area contributed by atoms with Gasteiger partial charge >= 0.3 is 17.8 Å². The molecule has 0 saturated carbocycles. The molecule has 318 valence electrons. The monoisotopic (exact) mass is 838 g/mol. The number of hydrogen-bond donors (Lipinski definition) is 2. The van der Waals surface area contributed by atoms with Crippen molar-refractivity contribution in [1.82, 2.24) is 14.9 Å². The van der Waals surface area contributed by atoms with Crippen molar-refractivity contribution in [3.05, 3.63) is 64.7 Å². The number of alkyl carbamates (subject to hydrolysis) is 1. The highest BCUT2D eigenvalue weighted by Crippen LogP contribution is 2.49. The van der Waals surface area contributed by atoms with Gasteiger partial charge in [0.1, 0.15) is 42.7 Å². The summed E-state index contributed by atoms with van der Waals surface area (Å²) in [6.07, 6.45) is -0.0133. The van der Waals surface area contributed by atoms with Crippen LogP contribution in [-0.2, 0) is 29.7 Å². The van der Waals surface area contributed by atoms with Crippen LogP contribution in [0.1, 0.15) is 80.5 Å². The summed E-state index contributed by atoms with van der Waals surface area (Å²) in [5, 5.41) is 5.81. The normalized spacial score (nSPS) is 18.3. The van der Waals surface area contributed by atoms with E-state index in [1.54, 1.807) is 39.1 Å². The van der Waals surface area contributed by atoms with E-state index in [1.807, 2.05) is 30.3 Å². The number of anilines is 2. The van der Waals surface area contributed by atoms with Crippen LogP contribution in [0.15, 0.2) is 53.5 Å². The van der Waals surface area contributed by atoms with Crippen molar-refractivity contribution in [2.75, 3.05) is 25.1 Å². The summed E-state index contributed by atoms with van der Waals surface area (Å²) in [5.41, 5.74) is -0.104. The first-order valence-corrected chi connectivity index (χ1v) is 25.7. The number of ether oxygens (including phenoxy) is 5. The first-order chi connectivity index (χ1) is 26.8. The highest BCUT2D eigenvalue weighted by atomic mass is 28.4. The maximum Gasteiger partial charge on any atom is 0.407 e. The number of amides is 1. The molecule has 0 aliphatic carbocycles. The smallest absolute Gasteiger partial charge is 0.407 e. The number of nitrogens with zero attached hydrogens (tertiary/aromatic N) is 2. The van der Waals surface area contributed by atoms with E-state index in [-0.39, 0.29) is 64.8 Å². The predicted molar refractivity (Wildman–Crippen MR) is 227 cm³/mol. The van der Waals surface area contributed by atoms with Gasteiger partial charge in [0.2, 0.25) is 0 Å². The zero-order chi connectivity index (χ0) is 42.8. The minimum absolute atomic E-state index is 0.00411. The minimum Gasteiger partial charge on any atom is -0.489 e. The van der Waals surface area contributed by atoms with Crippen molar-refractivity contribution in [3.63, 3.8) is 0 Å². The van der Waals surface area contributed by atoms with Crippen molar-refractivity contribution < 1.29 is 42.1 Å². The molecule has 0 unspecified atom stereocenters. The van der Waals surface area contributed by atoms with E-state index in [0.717, 1.165) is 5.56 Å². The molecule has 3 heterocycles. The van der Waals surface area contributed by atoms with Gasteiger partial charge in [-0.2, -0.15) is 4.98 Å². The summed E-state index contributed by atoms with van der Waals surface area (Å²) >= 11 is 0. The van der Waals surface area contributed by atoms with Gasteiger partial charge in [0, 0.05) is 18.6 Å². The maximum atomic E-state index is 13.7. The summed E-state index contributed by atoms with van der Waals surface area (Å²) in [6.45, 7) is 27.9. The van der Waals surface area contributed by atoms with Crippen molar-refractivity contribution >= 4 is 40.2 Å². The zero-order valence-electron chi connectivity index (χ0n) is 36.4. The maximum absolute atomic E-state index is 13.7. The van der Waals surface area contributed by atoms with Crippen LogP contribution < -0.4 is 30.5 Å². The number of esters is 1. The Kier molecular flexibility index (Phi) is 13.3. The summed E-state index contributed by atoms with van der Waals surface area (Å²) in [7, 11) is -4.36. The number of benzene rings is 2. The van der Waals surface area contributed by atoms with Gasteiger partial charge in [-0.25, -0.2) is 9.59 Å². The predicted octanol–water partition coefficient (Wildman–Crippen LogP) is 9.05. The van der Waals surface area contributed by atoms with E-state index in [4.69, 9.17) is 32.5 Å². The molecule has 3 atom stereocenters. The number of hydrogen-bond acceptors (Lipinski definition) is 12. The van der Waals surface area contributed by atoms with Crippen LogP contribution >= 0.6 is 0 Å². The highest BCUT2D eigenvalue weighted by molar-refractivity contribution is 6.74. The lowest BCUT2D eigenvalue weighted by Gasteiger charge is -2.40. The lowest BCUT2D eigenvalue weighted by molar-refractivity contribution is -0.143. The fourth-order valence-corrected chi connectivity index (χ4v) is 7.93. The lowest BCUT2D eigenvalue weighted by atomic mass is 9.97. The molecule has 1 aromatic heterocycles. The van der Waals surface area contributed by atoms with E-state index in [2.05, 4.69) is 83.3 Å². The van der Waals surface area contributed by atoms with Crippen molar-refractivity contribution in [2.24, 2.45) is 5.41 Å². The third kappa shape index (κ3) is 10.9. The molecule has 2 N–H and O–H groups in total. The third-order valence-corrected chi connectivity index (χ3v) is 20.2. The first-order valence-electron chi connectivity index (χ1n) is 19.9. The number of rotatable bonds is 13. The van der Waals surface area contributed by atoms with Gasteiger partial charge < -0.3 is 43.2 Å². The summed E-state index contributed by atoms with van der Waals surface area (Å²) in [5.74, 6) is 0.679. The second-order valence-corrected chi connectivity index (χ2v) is 28.6. The van der Waals surface area contributed by atoms with E-state index in [9.17, 15) is 14.4 Å². The summed E-state index contributed by atoms with van der Waals surface area (Å²) in [4.78, 5) is 43.4. The zero-order valence-corrected chi connectivity index (χ0v) is 38.4. The van der Waals surface area contributed by atoms with Gasteiger partial charge in [-0.3, -0.25) is 9.36 Å². The fourth-order valence-electron chi connectivity index (χ4n) is 5.56. The van der Waals surface area contributed by atoms with E-state index < -0.39 is 52.1 Å². The quantitative estimate of drug-likeness (QED) is 0.0571. The molecule has 0 spiro atoms. The summed E-state index contributed by atoms with van der Waals surface area (Å²) in [6, 6.07) is 12.5. The van der Waals surface area contributed by atoms with Crippen LogP contribution in [-0.4, -0.2) is 70.2 Å². The largest absolute Gasteiger partial charge is 0.489 e. The standard InChI is InChI=1S/C42H62N4O10Si2/c1-40(2,3)37(47)53-28-21-30(50-20-19-43-39(49)51-25-27-17-15-14-16-18-27)35-31(22-28)54-32-24-46(38(48)45-36(32)44-35)34-23-29(56-58(12,13)42(7,8)9)33(55-34)26-52-57(10,11)41(4,5)6/h14-18,21-22,24,29,33-34H,19-20,23,25-26H2,1-13H3,(H,43,49)(H,44,45,48)/t29-,33+,34+/m0/s1. The Labute approximate surface area is 344 Å². The number of carbonyl (C=O) groups excluding carboxylic acids is 2. The number of nitrogens with one attached hydrogen (secondary N) is 2. The van der Waals surface area contributed by atoms with Crippen LogP contribution in [0.25, 0.3) is 0 Å². The topological polar surface area (TPSA) is 158 Å². The number of aromatic nitrogens is 2. The minimum atomic E-state index is -2.24. The average molecular weight is 839 g/mol. The van der Waals surface area contributed by atoms with Crippen LogP contribution in [0.4, 0.5) is 16.3 Å². The Balaban J connectivity index is 1.37. The van der Waals surface area contributed by atoms with Gasteiger partial charge in [-0.15, -0.1) is 0 Å². The van der Waals surface area contributed by atoms with Crippen LogP contribution in [0.3, 0.4) is 0 Å². The van der Waals surface area contributed by atoms with Gasteiger partial charge in [-0.1, -0.05) is 71.9 Å². The van der Waals surface area contributed by atoms with Gasteiger partial charge in [0.15, 0.2) is 34.0 Å². The Morgan fingerprint density at radius 2 is 1.62 bits per heavy atom. The molecule has 2 aliphatic rings. The van der Waals surface area contributed by atoms with Gasteiger partial charge in [0.25, 0.3) is 0 Å². The molecule has 14 nitrogen and oxygen atoms in total. The van der Waals surface area contributed by atoms with E-state index in [0.29, 0.717) is 18.7 Å². The molecule has 2 aromatic carbocycles. The third-order valence-electron chi connectivity index (χ3n) is 11.2. The second kappa shape index (κ2) is 17.2. The summed E-state index contributed by atoms with van der Waals surface area (Å²) < 4.78 is 45.1. The molecule has 2 aliphatic heterocycles. The van der Waals surface area contributed by atoms with Crippen LogP contribution in [0.5, 0.6) is 23.0 Å². The molecule has 5 rings (SSSR count). The molecule has 0 bridgehead atoms. The fraction of sp³-hybridized carbons (Fsp3) is 0.571. The average Bonchev–Trinajstić information content (AvgIpc) is 3.51. The second-order valence-electron chi connectivity index (χ2n) is 19.0. The Bertz CT molecular complexity index is 2000. The Hall–Kier alpha value is -4.23. The SMILES string of the molecule is CC(C)(C)C(=O)Oc1cc(OCCNC(=O)OCc2ccccc2)c2c(c1)Oc1cn([C@H]3C[C@H](O[Si](C)(C)C(C)(C)C)[C@@H](CO[Si](C)(C)C(C)(C)C)O3)c(=O)nc1N2. The number of fused-ring (bicyclic) bond motifs is 2. The van der Waals surface area contributed by atoms with Crippen molar-refractivity contribution in [3.8, 4) is 23.0 Å². The van der Waals surface area contributed by atoms with Crippen LogP contribution in [0, 0.1) is 5.41 Å². The van der Waals surface area contributed by atoms with Crippen molar-refractivity contribution in [2.45, 2.75) is 130 Å². The number of carbonyl (C=O) groups is 2. The highest BCUT2D eigenvalue weighted by Gasteiger charge is 2.47. The molecule has 1 saturated heterocycles. The van der Waals surface area contributed by atoms with E-state index >= 15 is 0 Å². The van der Waals surface area contributed by atoms with Crippen LogP contribution in [0.2, 0.25) is 36.3 Å². The molecule has 3 aromatic rings. The first kappa shape index (κ1) is 44.9. The lowest BCUT2D eigenvalue weighted by Crippen LogP contribution is -2.48. The molecule has 16 heteroatoms. The van der Waals surface area contributed by atoms with Gasteiger partial charge in [0.05, 0.1) is 30.9 Å². The molecule has 1 amide bonds. The molecule has 0 radical (unpaired) electrons. The Morgan fingerprint density at radius 3 is 2.26 bits per heavy atom. The van der Waals surface area contributed by atoms with Gasteiger partial charge in [-0.05, 0) is 62.6 Å². The molecular weight excluding hydrogens is 777 g/mol.